The maximum atomic E-state index is 13.0. The van der Waals surface area contributed by atoms with Crippen molar-refractivity contribution in [3.8, 4) is 11.3 Å². The van der Waals surface area contributed by atoms with Gasteiger partial charge in [-0.05, 0) is 36.4 Å². The van der Waals surface area contributed by atoms with Gasteiger partial charge in [0.05, 0.1) is 0 Å². The summed E-state index contributed by atoms with van der Waals surface area (Å²) < 4.78 is 14.8. The summed E-state index contributed by atoms with van der Waals surface area (Å²) in [5, 5.41) is 5.54. The van der Waals surface area contributed by atoms with Crippen LogP contribution in [0.4, 0.5) is 20.7 Å². The highest BCUT2D eigenvalue weighted by molar-refractivity contribution is 6.01. The van der Waals surface area contributed by atoms with Crippen LogP contribution in [0.3, 0.4) is 0 Å². The molecule has 0 aliphatic heterocycles. The summed E-state index contributed by atoms with van der Waals surface area (Å²) in [4.78, 5) is 17.1. The topological polar surface area (TPSA) is 58.4 Å². The number of rotatable bonds is 3. The minimum Gasteiger partial charge on any atom is -0.308 e. The molecule has 0 radical (unpaired) electrons. The number of amides is 2. The van der Waals surface area contributed by atoms with E-state index in [0.29, 0.717) is 17.2 Å². The van der Waals surface area contributed by atoms with Crippen molar-refractivity contribution in [3.63, 3.8) is 0 Å². The molecule has 0 bridgehead atoms. The molecule has 2 heterocycles. The summed E-state index contributed by atoms with van der Waals surface area (Å²) in [5.74, 6) is 0.204. The molecule has 4 rings (SSSR count). The zero-order chi connectivity index (χ0) is 17.9. The van der Waals surface area contributed by atoms with Crippen molar-refractivity contribution in [2.45, 2.75) is 0 Å². The lowest BCUT2D eigenvalue weighted by molar-refractivity contribution is 0.262. The predicted octanol–water partition coefficient (Wildman–Crippen LogP) is 4.78. The van der Waals surface area contributed by atoms with Crippen molar-refractivity contribution in [2.75, 3.05) is 10.6 Å². The Morgan fingerprint density at radius 2 is 1.62 bits per heavy atom. The smallest absolute Gasteiger partial charge is 0.308 e. The molecule has 2 amide bonds. The van der Waals surface area contributed by atoms with Crippen molar-refractivity contribution in [1.29, 1.82) is 0 Å². The number of urea groups is 1. The number of aromatic nitrogens is 2. The van der Waals surface area contributed by atoms with Crippen molar-refractivity contribution in [1.82, 2.24) is 9.38 Å². The minimum atomic E-state index is -0.431. The van der Waals surface area contributed by atoms with E-state index in [1.54, 1.807) is 0 Å². The maximum Gasteiger partial charge on any atom is 0.324 e. The number of hydrogen-bond donors (Lipinski definition) is 2. The molecule has 0 aliphatic rings. The Morgan fingerprint density at radius 1 is 0.885 bits per heavy atom. The standard InChI is InChI=1S/C20H15FN4O/c21-15-9-11-16(12-10-15)22-20(26)24-19-18(14-6-2-1-3-7-14)23-17-8-4-5-13-25(17)19/h1-13H,(H2,22,24,26). The van der Waals surface area contributed by atoms with Crippen LogP contribution in [0, 0.1) is 5.82 Å². The molecule has 0 fully saturated rings. The fraction of sp³-hybridized carbons (Fsp3) is 0. The minimum absolute atomic E-state index is 0.357. The average Bonchev–Trinajstić information content (AvgIpc) is 3.03. The van der Waals surface area contributed by atoms with Crippen LogP contribution in [0.5, 0.6) is 0 Å². The number of anilines is 2. The Morgan fingerprint density at radius 3 is 2.38 bits per heavy atom. The summed E-state index contributed by atoms with van der Waals surface area (Å²) >= 11 is 0. The molecule has 0 atom stereocenters. The molecule has 2 aromatic heterocycles. The summed E-state index contributed by atoms with van der Waals surface area (Å²) in [5.41, 5.74) is 2.79. The first-order valence-electron chi connectivity index (χ1n) is 8.07. The zero-order valence-corrected chi connectivity index (χ0v) is 13.7. The van der Waals surface area contributed by atoms with Crippen LogP contribution in [0.2, 0.25) is 0 Å². The number of nitrogens with one attached hydrogen (secondary N) is 2. The second-order valence-electron chi connectivity index (χ2n) is 5.69. The van der Waals surface area contributed by atoms with Crippen LogP contribution in [0.15, 0.2) is 79.0 Å². The van der Waals surface area contributed by atoms with E-state index in [1.807, 2.05) is 59.1 Å². The lowest BCUT2D eigenvalue weighted by atomic mass is 10.1. The second kappa shape index (κ2) is 6.68. The molecule has 5 nitrogen and oxygen atoms in total. The van der Waals surface area contributed by atoms with Crippen molar-refractivity contribution in [2.24, 2.45) is 0 Å². The largest absolute Gasteiger partial charge is 0.324 e. The molecule has 2 N–H and O–H groups in total. The number of carbonyl (C=O) groups is 1. The van der Waals surface area contributed by atoms with Gasteiger partial charge in [0.15, 0.2) is 0 Å². The highest BCUT2D eigenvalue weighted by atomic mass is 19.1. The van der Waals surface area contributed by atoms with Gasteiger partial charge in [0.25, 0.3) is 0 Å². The highest BCUT2D eigenvalue weighted by Crippen LogP contribution is 2.28. The molecule has 0 unspecified atom stereocenters. The number of benzene rings is 2. The van der Waals surface area contributed by atoms with Gasteiger partial charge in [-0.15, -0.1) is 0 Å². The Labute approximate surface area is 149 Å². The van der Waals surface area contributed by atoms with Gasteiger partial charge in [-0.3, -0.25) is 9.72 Å². The van der Waals surface area contributed by atoms with Crippen molar-refractivity contribution >= 4 is 23.2 Å². The number of nitrogens with zero attached hydrogens (tertiary/aromatic N) is 2. The van der Waals surface area contributed by atoms with E-state index < -0.39 is 6.03 Å². The Bertz CT molecular complexity index is 1060. The van der Waals surface area contributed by atoms with E-state index >= 15 is 0 Å². The van der Waals surface area contributed by atoms with Crippen LogP contribution >= 0.6 is 0 Å². The molecule has 128 valence electrons. The first-order chi connectivity index (χ1) is 12.7. The van der Waals surface area contributed by atoms with Crippen molar-refractivity contribution < 1.29 is 9.18 Å². The van der Waals surface area contributed by atoms with E-state index in [1.165, 1.54) is 24.3 Å². The first-order valence-corrected chi connectivity index (χ1v) is 8.07. The van der Waals surface area contributed by atoms with Gasteiger partial charge in [0.1, 0.15) is 23.0 Å². The molecule has 4 aromatic rings. The molecular formula is C20H15FN4O. The maximum absolute atomic E-state index is 13.0. The monoisotopic (exact) mass is 346 g/mol. The normalized spacial score (nSPS) is 10.7. The number of fused-ring (bicyclic) bond motifs is 1. The molecule has 2 aromatic carbocycles. The summed E-state index contributed by atoms with van der Waals surface area (Å²) in [6, 6.07) is 20.4. The van der Waals surface area contributed by atoms with Crippen LogP contribution < -0.4 is 10.6 Å². The van der Waals surface area contributed by atoms with Gasteiger partial charge >= 0.3 is 6.03 Å². The first kappa shape index (κ1) is 15.8. The van der Waals surface area contributed by atoms with E-state index in [2.05, 4.69) is 15.6 Å². The number of halogens is 1. The Kier molecular flexibility index (Phi) is 4.07. The van der Waals surface area contributed by atoms with Crippen LogP contribution in [0.1, 0.15) is 0 Å². The van der Waals surface area contributed by atoms with Crippen LogP contribution in [0.25, 0.3) is 16.9 Å². The fourth-order valence-corrected chi connectivity index (χ4v) is 2.72. The van der Waals surface area contributed by atoms with Gasteiger partial charge < -0.3 is 5.32 Å². The number of imidazole rings is 1. The molecule has 6 heteroatoms. The number of pyridine rings is 1. The predicted molar refractivity (Wildman–Crippen MR) is 99.7 cm³/mol. The van der Waals surface area contributed by atoms with E-state index in [-0.39, 0.29) is 5.82 Å². The SMILES string of the molecule is O=C(Nc1ccc(F)cc1)Nc1c(-c2ccccc2)nc2ccccn12. The fourth-order valence-electron chi connectivity index (χ4n) is 2.72. The molecule has 0 aliphatic carbocycles. The molecule has 0 saturated carbocycles. The van der Waals surface area contributed by atoms with E-state index in [9.17, 15) is 9.18 Å². The summed E-state index contributed by atoms with van der Waals surface area (Å²) in [7, 11) is 0. The Hall–Kier alpha value is -3.67. The van der Waals surface area contributed by atoms with Gasteiger partial charge in [-0.25, -0.2) is 14.2 Å². The van der Waals surface area contributed by atoms with Crippen LogP contribution in [-0.4, -0.2) is 15.4 Å². The van der Waals surface area contributed by atoms with Crippen LogP contribution in [-0.2, 0) is 0 Å². The molecule has 26 heavy (non-hydrogen) atoms. The number of carbonyl (C=O) groups excluding carboxylic acids is 1. The highest BCUT2D eigenvalue weighted by Gasteiger charge is 2.16. The van der Waals surface area contributed by atoms with Crippen molar-refractivity contribution in [3.05, 3.63) is 84.8 Å². The van der Waals surface area contributed by atoms with Gasteiger partial charge in [-0.2, -0.15) is 0 Å². The number of hydrogen-bond acceptors (Lipinski definition) is 2. The van der Waals surface area contributed by atoms with E-state index in [4.69, 9.17) is 0 Å². The summed E-state index contributed by atoms with van der Waals surface area (Å²) in [6.45, 7) is 0. The third-order valence-corrected chi connectivity index (χ3v) is 3.91. The lowest BCUT2D eigenvalue weighted by Gasteiger charge is -2.09. The quantitative estimate of drug-likeness (QED) is 0.561. The molecule has 0 spiro atoms. The lowest BCUT2D eigenvalue weighted by Crippen LogP contribution is -2.20. The van der Waals surface area contributed by atoms with Gasteiger partial charge in [0.2, 0.25) is 0 Å². The second-order valence-corrected chi connectivity index (χ2v) is 5.69. The Balaban J connectivity index is 1.68. The molecule has 0 saturated heterocycles. The summed E-state index contributed by atoms with van der Waals surface area (Å²) in [6.07, 6.45) is 1.84. The average molecular weight is 346 g/mol. The molecular weight excluding hydrogens is 331 g/mol. The van der Waals surface area contributed by atoms with Gasteiger partial charge in [-0.1, -0.05) is 36.4 Å². The third-order valence-electron chi connectivity index (χ3n) is 3.91. The van der Waals surface area contributed by atoms with Gasteiger partial charge in [0, 0.05) is 17.4 Å². The third kappa shape index (κ3) is 3.12. The zero-order valence-electron chi connectivity index (χ0n) is 13.7. The van der Waals surface area contributed by atoms with E-state index in [0.717, 1.165) is 11.2 Å².